The van der Waals surface area contributed by atoms with Crippen molar-refractivity contribution in [1.82, 2.24) is 28.0 Å². The molecule has 3 aromatic heterocycles. The standard InChI is InChI=1S/C27H30N6O3/c1-18-19(2)33-23-24(28-26(33)31(18)12-11-30-13-15-36-16-14-30)29(3)27(35)32(25(23)34)17-21-9-6-8-20-7-4-5-10-22(20)21/h4-10H,11-17H2,1-3H3. The lowest BCUT2D eigenvalue weighted by molar-refractivity contribution is 0.0364. The molecule has 36 heavy (non-hydrogen) atoms. The molecule has 0 bridgehead atoms. The molecule has 0 atom stereocenters. The molecular weight excluding hydrogens is 456 g/mol. The fraction of sp³-hybridized carbons (Fsp3) is 0.370. The van der Waals surface area contributed by atoms with E-state index in [9.17, 15) is 9.59 Å². The van der Waals surface area contributed by atoms with Crippen LogP contribution in [0.3, 0.4) is 0 Å². The van der Waals surface area contributed by atoms with Crippen LogP contribution in [0.5, 0.6) is 0 Å². The zero-order valence-electron chi connectivity index (χ0n) is 20.9. The van der Waals surface area contributed by atoms with Crippen LogP contribution < -0.4 is 11.2 Å². The lowest BCUT2D eigenvalue weighted by Gasteiger charge is -2.26. The number of aryl methyl sites for hydroxylation is 2. The molecule has 0 saturated carbocycles. The Morgan fingerprint density at radius 2 is 1.67 bits per heavy atom. The summed E-state index contributed by atoms with van der Waals surface area (Å²) in [6.07, 6.45) is 0. The van der Waals surface area contributed by atoms with E-state index in [0.29, 0.717) is 16.9 Å². The van der Waals surface area contributed by atoms with Gasteiger partial charge < -0.3 is 9.30 Å². The van der Waals surface area contributed by atoms with E-state index in [4.69, 9.17) is 9.72 Å². The first kappa shape index (κ1) is 22.8. The first-order valence-electron chi connectivity index (χ1n) is 12.4. The summed E-state index contributed by atoms with van der Waals surface area (Å²) < 4.78 is 12.4. The molecule has 0 radical (unpaired) electrons. The third-order valence-electron chi connectivity index (χ3n) is 7.58. The van der Waals surface area contributed by atoms with Gasteiger partial charge in [-0.2, -0.15) is 4.98 Å². The highest BCUT2D eigenvalue weighted by Gasteiger charge is 2.23. The van der Waals surface area contributed by atoms with Gasteiger partial charge in [0, 0.05) is 44.6 Å². The van der Waals surface area contributed by atoms with Gasteiger partial charge in [-0.25, -0.2) is 4.79 Å². The highest BCUT2D eigenvalue weighted by molar-refractivity contribution is 5.85. The van der Waals surface area contributed by atoms with Crippen molar-refractivity contribution in [2.24, 2.45) is 7.05 Å². The quantitative estimate of drug-likeness (QED) is 0.381. The van der Waals surface area contributed by atoms with Crippen molar-refractivity contribution >= 4 is 27.7 Å². The molecule has 1 saturated heterocycles. The van der Waals surface area contributed by atoms with Crippen molar-refractivity contribution < 1.29 is 4.74 Å². The number of nitrogens with zero attached hydrogens (tertiary/aromatic N) is 6. The van der Waals surface area contributed by atoms with Gasteiger partial charge in [-0.05, 0) is 30.2 Å². The molecule has 1 fully saturated rings. The Labute approximate surface area is 207 Å². The molecule has 0 aliphatic carbocycles. The molecule has 4 heterocycles. The summed E-state index contributed by atoms with van der Waals surface area (Å²) in [6, 6.07) is 14.0. The minimum atomic E-state index is -0.365. The number of benzene rings is 2. The van der Waals surface area contributed by atoms with Gasteiger partial charge in [0.2, 0.25) is 5.78 Å². The summed E-state index contributed by atoms with van der Waals surface area (Å²) in [5, 5.41) is 2.12. The number of fused-ring (bicyclic) bond motifs is 4. The second kappa shape index (κ2) is 8.76. The molecule has 2 aromatic carbocycles. The van der Waals surface area contributed by atoms with E-state index < -0.39 is 0 Å². The first-order chi connectivity index (χ1) is 17.5. The van der Waals surface area contributed by atoms with Gasteiger partial charge in [-0.1, -0.05) is 42.5 Å². The van der Waals surface area contributed by atoms with E-state index in [-0.39, 0.29) is 17.8 Å². The van der Waals surface area contributed by atoms with Crippen LogP contribution in [0.25, 0.3) is 27.7 Å². The van der Waals surface area contributed by atoms with E-state index >= 15 is 0 Å². The number of morpholine rings is 1. The van der Waals surface area contributed by atoms with Crippen molar-refractivity contribution in [3.05, 3.63) is 80.3 Å². The van der Waals surface area contributed by atoms with Crippen molar-refractivity contribution in [3.8, 4) is 0 Å². The van der Waals surface area contributed by atoms with E-state index in [1.165, 1.54) is 9.13 Å². The van der Waals surface area contributed by atoms with Crippen molar-refractivity contribution in [3.63, 3.8) is 0 Å². The molecule has 9 nitrogen and oxygen atoms in total. The van der Waals surface area contributed by atoms with E-state index in [0.717, 1.165) is 67.1 Å². The molecule has 6 rings (SSSR count). The Balaban J connectivity index is 1.49. The summed E-state index contributed by atoms with van der Waals surface area (Å²) in [5.41, 5.74) is 3.14. The highest BCUT2D eigenvalue weighted by Crippen LogP contribution is 2.22. The lowest BCUT2D eigenvalue weighted by atomic mass is 10.0. The molecule has 1 aliphatic heterocycles. The molecule has 0 amide bonds. The summed E-state index contributed by atoms with van der Waals surface area (Å²) in [6.45, 7) is 9.24. The molecule has 1 aliphatic rings. The van der Waals surface area contributed by atoms with E-state index in [1.54, 1.807) is 7.05 Å². The number of hydrogen-bond donors (Lipinski definition) is 0. The Bertz CT molecular complexity index is 1730. The molecule has 9 heteroatoms. The molecule has 5 aromatic rings. The van der Waals surface area contributed by atoms with Crippen LogP contribution in [0.4, 0.5) is 0 Å². The van der Waals surface area contributed by atoms with Gasteiger partial charge in [-0.3, -0.25) is 23.2 Å². The van der Waals surface area contributed by atoms with Crippen LogP contribution >= 0.6 is 0 Å². The summed E-state index contributed by atoms with van der Waals surface area (Å²) in [5.74, 6) is 0.697. The SMILES string of the molecule is Cc1c(C)n2c3c(=O)n(Cc4cccc5ccccc45)c(=O)n(C)c3nc2n1CCN1CCOCC1. The van der Waals surface area contributed by atoms with Gasteiger partial charge in [0.15, 0.2) is 11.2 Å². The normalized spacial score (nSPS) is 15.0. The monoisotopic (exact) mass is 486 g/mol. The van der Waals surface area contributed by atoms with Gasteiger partial charge in [0.25, 0.3) is 5.56 Å². The topological polar surface area (TPSA) is 78.7 Å². The van der Waals surface area contributed by atoms with E-state index in [1.807, 2.05) is 53.8 Å². The average molecular weight is 487 g/mol. The van der Waals surface area contributed by atoms with Crippen molar-refractivity contribution in [1.29, 1.82) is 0 Å². The number of ether oxygens (including phenoxy) is 1. The predicted molar refractivity (Wildman–Crippen MR) is 140 cm³/mol. The maximum Gasteiger partial charge on any atom is 0.332 e. The fourth-order valence-corrected chi connectivity index (χ4v) is 5.39. The minimum absolute atomic E-state index is 0.200. The number of rotatable bonds is 5. The molecule has 0 spiro atoms. The van der Waals surface area contributed by atoms with Crippen molar-refractivity contribution in [2.75, 3.05) is 32.8 Å². The van der Waals surface area contributed by atoms with Gasteiger partial charge in [-0.15, -0.1) is 0 Å². The van der Waals surface area contributed by atoms with Crippen LogP contribution in [0.1, 0.15) is 17.0 Å². The summed E-state index contributed by atoms with van der Waals surface area (Å²) in [7, 11) is 1.69. The largest absolute Gasteiger partial charge is 0.379 e. The van der Waals surface area contributed by atoms with Gasteiger partial charge >= 0.3 is 5.69 Å². The van der Waals surface area contributed by atoms with Crippen LogP contribution in [0.15, 0.2) is 52.1 Å². The van der Waals surface area contributed by atoms with Crippen LogP contribution in [0, 0.1) is 13.8 Å². The molecule has 186 valence electrons. The minimum Gasteiger partial charge on any atom is -0.379 e. The Hall–Kier alpha value is -3.69. The predicted octanol–water partition coefficient (Wildman–Crippen LogP) is 2.30. The third kappa shape index (κ3) is 3.50. The van der Waals surface area contributed by atoms with Crippen LogP contribution in [-0.2, 0) is 24.9 Å². The molecule has 0 unspecified atom stereocenters. The smallest absolute Gasteiger partial charge is 0.332 e. The second-order valence-electron chi connectivity index (χ2n) is 9.57. The zero-order chi connectivity index (χ0) is 25.0. The van der Waals surface area contributed by atoms with Crippen LogP contribution in [-0.4, -0.2) is 60.8 Å². The average Bonchev–Trinajstić information content (AvgIpc) is 3.40. The fourth-order valence-electron chi connectivity index (χ4n) is 5.39. The summed E-state index contributed by atoms with van der Waals surface area (Å²) in [4.78, 5) is 34.4. The molecular formula is C27H30N6O3. The highest BCUT2D eigenvalue weighted by atomic mass is 16.5. The third-order valence-corrected chi connectivity index (χ3v) is 7.58. The number of imidazole rings is 2. The second-order valence-corrected chi connectivity index (χ2v) is 9.57. The Kier molecular flexibility index (Phi) is 5.54. The van der Waals surface area contributed by atoms with Gasteiger partial charge in [0.05, 0.1) is 19.8 Å². The Morgan fingerprint density at radius 3 is 2.47 bits per heavy atom. The zero-order valence-corrected chi connectivity index (χ0v) is 20.9. The Morgan fingerprint density at radius 1 is 0.917 bits per heavy atom. The maximum absolute atomic E-state index is 13.9. The first-order valence-corrected chi connectivity index (χ1v) is 12.4. The van der Waals surface area contributed by atoms with Crippen molar-refractivity contribution in [2.45, 2.75) is 26.9 Å². The lowest BCUT2D eigenvalue weighted by Crippen LogP contribution is -2.39. The molecule has 0 N–H and O–H groups in total. The summed E-state index contributed by atoms with van der Waals surface area (Å²) >= 11 is 0. The number of aromatic nitrogens is 5. The van der Waals surface area contributed by atoms with Crippen LogP contribution in [0.2, 0.25) is 0 Å². The number of hydrogen-bond acceptors (Lipinski definition) is 5. The van der Waals surface area contributed by atoms with E-state index in [2.05, 4.69) is 16.4 Å². The van der Waals surface area contributed by atoms with Gasteiger partial charge in [0.1, 0.15) is 0 Å². The maximum atomic E-state index is 13.9.